The molecule has 5 rings (SSSR count). The molecule has 0 saturated carbocycles. The monoisotopic (exact) mass is 618 g/mol. The van der Waals surface area contributed by atoms with Crippen molar-refractivity contribution in [3.63, 3.8) is 0 Å². The zero-order valence-corrected chi connectivity index (χ0v) is 25.3. The Morgan fingerprint density at radius 3 is 2.16 bits per heavy atom. The summed E-state index contributed by atoms with van der Waals surface area (Å²) in [6, 6.07) is 21.6. The third kappa shape index (κ3) is 8.40. The van der Waals surface area contributed by atoms with Gasteiger partial charge in [0.25, 0.3) is 10.0 Å². The molecule has 0 atom stereocenters. The van der Waals surface area contributed by atoms with Gasteiger partial charge in [0.2, 0.25) is 11.9 Å². The van der Waals surface area contributed by atoms with E-state index in [1.54, 1.807) is 66.7 Å². The van der Waals surface area contributed by atoms with Crippen LogP contribution < -0.4 is 25.0 Å². The first-order chi connectivity index (χ1) is 21.2. The Morgan fingerprint density at radius 2 is 1.52 bits per heavy atom. The number of urea groups is 1. The fraction of sp³-hybridized carbons (Fsp3) is 0.267. The number of anilines is 4. The van der Waals surface area contributed by atoms with Gasteiger partial charge >= 0.3 is 6.03 Å². The second-order valence-corrected chi connectivity index (χ2v) is 11.8. The van der Waals surface area contributed by atoms with Gasteiger partial charge in [-0.3, -0.25) is 0 Å². The van der Waals surface area contributed by atoms with E-state index in [0.717, 1.165) is 12.3 Å². The van der Waals surface area contributed by atoms with Crippen LogP contribution in [0, 0.1) is 0 Å². The fourth-order valence-electron chi connectivity index (χ4n) is 4.20. The highest BCUT2D eigenvalue weighted by Gasteiger charge is 2.21. The van der Waals surface area contributed by atoms with Gasteiger partial charge in [0, 0.05) is 36.6 Å². The first-order valence-corrected chi connectivity index (χ1v) is 15.5. The largest absolute Gasteiger partial charge is 0.492 e. The van der Waals surface area contributed by atoms with Crippen molar-refractivity contribution >= 4 is 39.3 Å². The average Bonchev–Trinajstić information content (AvgIpc) is 3.02. The number of carbonyl (C=O) groups is 1. The maximum absolute atomic E-state index is 13.0. The summed E-state index contributed by atoms with van der Waals surface area (Å²) in [5, 5.41) is 5.60. The molecule has 0 bridgehead atoms. The van der Waals surface area contributed by atoms with Crippen molar-refractivity contribution in [1.29, 1.82) is 0 Å². The Morgan fingerprint density at radius 1 is 0.886 bits per heavy atom. The molecule has 2 amide bonds. The number of amides is 2. The third-order valence-corrected chi connectivity index (χ3v) is 7.86. The van der Waals surface area contributed by atoms with Gasteiger partial charge in [-0.2, -0.15) is 15.0 Å². The third-order valence-electron chi connectivity index (χ3n) is 6.52. The number of aromatic nitrogens is 3. The Labute approximate surface area is 256 Å². The molecule has 44 heavy (non-hydrogen) atoms. The summed E-state index contributed by atoms with van der Waals surface area (Å²) in [4.78, 5) is 30.1. The number of ether oxygens (including phenoxy) is 2. The molecule has 1 saturated heterocycles. The molecule has 2 heterocycles. The minimum atomic E-state index is -3.92. The zero-order chi connectivity index (χ0) is 30.9. The van der Waals surface area contributed by atoms with E-state index >= 15 is 0 Å². The van der Waals surface area contributed by atoms with Crippen LogP contribution in [0.3, 0.4) is 0 Å². The average molecular weight is 619 g/mol. The van der Waals surface area contributed by atoms with Crippen LogP contribution in [0.5, 0.6) is 5.75 Å². The predicted molar refractivity (Wildman–Crippen MR) is 169 cm³/mol. The van der Waals surface area contributed by atoms with Crippen molar-refractivity contribution in [2.24, 2.45) is 0 Å². The summed E-state index contributed by atoms with van der Waals surface area (Å²) >= 11 is 0. The van der Waals surface area contributed by atoms with Crippen molar-refractivity contribution in [3.05, 3.63) is 78.9 Å². The fourth-order valence-corrected chi connectivity index (χ4v) is 5.16. The molecule has 0 spiro atoms. The molecule has 4 aromatic rings. The minimum absolute atomic E-state index is 0.0906. The lowest BCUT2D eigenvalue weighted by Crippen LogP contribution is -2.37. The van der Waals surface area contributed by atoms with E-state index in [1.807, 2.05) is 23.9 Å². The van der Waals surface area contributed by atoms with Gasteiger partial charge in [0.1, 0.15) is 12.4 Å². The Bertz CT molecular complexity index is 1650. The van der Waals surface area contributed by atoms with Gasteiger partial charge in [-0.1, -0.05) is 18.2 Å². The van der Waals surface area contributed by atoms with Crippen LogP contribution in [-0.4, -0.2) is 87.9 Å². The topological polar surface area (TPSA) is 151 Å². The summed E-state index contributed by atoms with van der Waals surface area (Å²) in [5.74, 6) is 1.23. The highest BCUT2D eigenvalue weighted by atomic mass is 32.2. The number of nitrogens with zero attached hydrogens (tertiary/aromatic N) is 5. The number of likely N-dealkylation sites (N-methyl/N-ethyl adjacent to an activating group) is 1. The van der Waals surface area contributed by atoms with Gasteiger partial charge < -0.3 is 29.9 Å². The van der Waals surface area contributed by atoms with Crippen molar-refractivity contribution in [2.45, 2.75) is 4.90 Å². The number of benzene rings is 3. The Kier molecular flexibility index (Phi) is 9.84. The second kappa shape index (κ2) is 14.1. The van der Waals surface area contributed by atoms with Gasteiger partial charge in [0.15, 0.2) is 5.82 Å². The van der Waals surface area contributed by atoms with E-state index in [4.69, 9.17) is 9.47 Å². The lowest BCUT2D eigenvalue weighted by atomic mass is 10.2. The van der Waals surface area contributed by atoms with E-state index < -0.39 is 16.1 Å². The summed E-state index contributed by atoms with van der Waals surface area (Å²) in [7, 11) is 0.0352. The SMILES string of the molecule is CN(C)CCOc1ccc(NC(=O)Nc2ccc(-c3nc(NS(=O)(=O)c4ccccc4)nc(N4CCOCC4)n3)cc2)cc1. The number of hydrogen-bond acceptors (Lipinski definition) is 10. The normalized spacial score (nSPS) is 13.4. The summed E-state index contributed by atoms with van der Waals surface area (Å²) in [6.07, 6.45) is 0. The first kappa shape index (κ1) is 30.7. The molecule has 1 aliphatic rings. The molecular formula is C30H34N8O5S. The van der Waals surface area contributed by atoms with Crippen molar-refractivity contribution in [2.75, 3.05) is 73.8 Å². The van der Waals surface area contributed by atoms with Gasteiger partial charge in [-0.15, -0.1) is 0 Å². The van der Waals surface area contributed by atoms with Crippen molar-refractivity contribution in [3.8, 4) is 17.1 Å². The van der Waals surface area contributed by atoms with Gasteiger partial charge in [-0.25, -0.2) is 17.9 Å². The number of sulfonamides is 1. The molecule has 13 nitrogen and oxygen atoms in total. The number of rotatable bonds is 11. The Hall–Kier alpha value is -4.79. The van der Waals surface area contributed by atoms with E-state index in [2.05, 4.69) is 30.3 Å². The number of hydrogen-bond donors (Lipinski definition) is 3. The first-order valence-electron chi connectivity index (χ1n) is 14.0. The summed E-state index contributed by atoms with van der Waals surface area (Å²) in [5.41, 5.74) is 1.77. The summed E-state index contributed by atoms with van der Waals surface area (Å²) < 4.78 is 39.6. The molecule has 1 fully saturated rings. The van der Waals surface area contributed by atoms with Crippen LogP contribution >= 0.6 is 0 Å². The van der Waals surface area contributed by atoms with Crippen LogP contribution in [-0.2, 0) is 14.8 Å². The van der Waals surface area contributed by atoms with E-state index in [0.29, 0.717) is 55.8 Å². The number of morpholine rings is 1. The highest BCUT2D eigenvalue weighted by Crippen LogP contribution is 2.24. The number of carbonyl (C=O) groups excluding carboxylic acids is 1. The second-order valence-electron chi connectivity index (χ2n) is 10.1. The molecule has 230 valence electrons. The van der Waals surface area contributed by atoms with Crippen molar-refractivity contribution < 1.29 is 22.7 Å². The van der Waals surface area contributed by atoms with E-state index in [9.17, 15) is 13.2 Å². The van der Waals surface area contributed by atoms with Gasteiger partial charge in [0.05, 0.1) is 18.1 Å². The van der Waals surface area contributed by atoms with Crippen LogP contribution in [0.2, 0.25) is 0 Å². The molecular weight excluding hydrogens is 584 g/mol. The van der Waals surface area contributed by atoms with Crippen LogP contribution in [0.4, 0.5) is 28.1 Å². The van der Waals surface area contributed by atoms with Crippen LogP contribution in [0.25, 0.3) is 11.4 Å². The molecule has 1 aliphatic heterocycles. The molecule has 3 aromatic carbocycles. The quantitative estimate of drug-likeness (QED) is 0.227. The smallest absolute Gasteiger partial charge is 0.323 e. The maximum Gasteiger partial charge on any atom is 0.323 e. The highest BCUT2D eigenvalue weighted by molar-refractivity contribution is 7.92. The van der Waals surface area contributed by atoms with E-state index in [1.165, 1.54) is 12.1 Å². The predicted octanol–water partition coefficient (Wildman–Crippen LogP) is 3.76. The zero-order valence-electron chi connectivity index (χ0n) is 24.4. The van der Waals surface area contributed by atoms with Crippen LogP contribution in [0.15, 0.2) is 83.8 Å². The van der Waals surface area contributed by atoms with Gasteiger partial charge in [-0.05, 0) is 74.8 Å². The lowest BCUT2D eigenvalue weighted by Gasteiger charge is -2.27. The molecule has 3 N–H and O–H groups in total. The number of nitrogens with one attached hydrogen (secondary N) is 3. The van der Waals surface area contributed by atoms with Crippen LogP contribution in [0.1, 0.15) is 0 Å². The van der Waals surface area contributed by atoms with E-state index in [-0.39, 0.29) is 16.7 Å². The minimum Gasteiger partial charge on any atom is -0.492 e. The molecule has 1 aromatic heterocycles. The van der Waals surface area contributed by atoms with Crippen molar-refractivity contribution in [1.82, 2.24) is 19.9 Å². The summed E-state index contributed by atoms with van der Waals surface area (Å²) in [6.45, 7) is 3.49. The molecule has 0 unspecified atom stereocenters. The lowest BCUT2D eigenvalue weighted by molar-refractivity contribution is 0.122. The maximum atomic E-state index is 13.0. The molecule has 0 aliphatic carbocycles. The molecule has 0 radical (unpaired) electrons. The molecule has 14 heteroatoms. The Balaban J connectivity index is 1.28. The standard InChI is InChI=1S/C30H34N8O5S/c1-37(2)16-21-43-25-14-12-24(13-15-25)32-30(39)31-23-10-8-22(9-11-23)27-33-28(35-29(34-27)38-17-19-42-20-18-38)36-44(40,41)26-6-4-3-5-7-26/h3-15H,16-21H2,1-2H3,(H2,31,32,39)(H,33,34,35,36).